The molecule has 0 bridgehead atoms. The molecule has 7 nitrogen and oxygen atoms in total. The summed E-state index contributed by atoms with van der Waals surface area (Å²) >= 11 is 0. The van der Waals surface area contributed by atoms with Gasteiger partial charge in [0.05, 0.1) is 14.2 Å². The summed E-state index contributed by atoms with van der Waals surface area (Å²) in [6.45, 7) is 0. The third-order valence-corrected chi connectivity index (χ3v) is 4.24. The average Bonchev–Trinajstić information content (AvgIpc) is 3.15. The van der Waals surface area contributed by atoms with Gasteiger partial charge in [0.25, 0.3) is 5.91 Å². The van der Waals surface area contributed by atoms with E-state index in [0.717, 1.165) is 18.5 Å². The van der Waals surface area contributed by atoms with Crippen molar-refractivity contribution in [1.29, 1.82) is 0 Å². The van der Waals surface area contributed by atoms with Gasteiger partial charge in [-0.2, -0.15) is 0 Å². The molecule has 0 spiro atoms. The Hall–Kier alpha value is -2.83. The molecule has 1 heterocycles. The molecular weight excluding hydrogens is 320 g/mol. The molecule has 1 aliphatic carbocycles. The molecule has 0 saturated heterocycles. The molecule has 1 saturated carbocycles. The number of hydrogen-bond acceptors (Lipinski definition) is 6. The van der Waals surface area contributed by atoms with Crippen LogP contribution in [0.25, 0.3) is 0 Å². The largest absolute Gasteiger partial charge is 0.493 e. The van der Waals surface area contributed by atoms with Crippen molar-refractivity contribution in [3.05, 3.63) is 36.0 Å². The maximum atomic E-state index is 12.2. The van der Waals surface area contributed by atoms with Gasteiger partial charge < -0.3 is 20.1 Å². The van der Waals surface area contributed by atoms with E-state index in [1.807, 2.05) is 6.07 Å². The number of hydrogen-bond donors (Lipinski definition) is 2. The fourth-order valence-electron chi connectivity index (χ4n) is 2.91. The Morgan fingerprint density at radius 2 is 1.80 bits per heavy atom. The van der Waals surface area contributed by atoms with E-state index in [2.05, 4.69) is 20.8 Å². The van der Waals surface area contributed by atoms with Crippen LogP contribution < -0.4 is 20.1 Å². The number of carbonyl (C=O) groups excluding carboxylic acids is 1. The lowest BCUT2D eigenvalue weighted by Crippen LogP contribution is -2.33. The molecule has 1 amide bonds. The van der Waals surface area contributed by atoms with E-state index in [1.165, 1.54) is 12.8 Å². The molecule has 0 unspecified atom stereocenters. The Labute approximate surface area is 146 Å². The van der Waals surface area contributed by atoms with Gasteiger partial charge in [0, 0.05) is 17.8 Å². The lowest BCUT2D eigenvalue weighted by molar-refractivity contribution is 0.0932. The molecule has 1 aromatic heterocycles. The smallest absolute Gasteiger partial charge is 0.272 e. The molecule has 7 heteroatoms. The molecule has 25 heavy (non-hydrogen) atoms. The van der Waals surface area contributed by atoms with Crippen molar-refractivity contribution < 1.29 is 14.3 Å². The number of nitrogens with zero attached hydrogens (tertiary/aromatic N) is 2. The first-order chi connectivity index (χ1) is 12.2. The first kappa shape index (κ1) is 17.0. The van der Waals surface area contributed by atoms with Gasteiger partial charge in [-0.05, 0) is 37.1 Å². The first-order valence-corrected chi connectivity index (χ1v) is 8.33. The zero-order chi connectivity index (χ0) is 17.6. The Bertz CT molecular complexity index is 728. The maximum Gasteiger partial charge on any atom is 0.272 e. The first-order valence-electron chi connectivity index (χ1n) is 8.33. The SMILES string of the molecule is COc1ccc(Nc2ccc(C(=O)NC3CCCC3)nn2)cc1OC. The van der Waals surface area contributed by atoms with E-state index in [-0.39, 0.29) is 11.9 Å². The van der Waals surface area contributed by atoms with E-state index in [4.69, 9.17) is 9.47 Å². The minimum Gasteiger partial charge on any atom is -0.493 e. The highest BCUT2D eigenvalue weighted by Crippen LogP contribution is 2.30. The standard InChI is InChI=1S/C18H22N4O3/c1-24-15-9-7-13(11-16(15)25-2)19-17-10-8-14(21-22-17)18(23)20-12-5-3-4-6-12/h7-12H,3-6H2,1-2H3,(H,19,22)(H,20,23). The van der Waals surface area contributed by atoms with Crippen molar-refractivity contribution in [3.8, 4) is 11.5 Å². The predicted octanol–water partition coefficient (Wildman–Crippen LogP) is 2.91. The summed E-state index contributed by atoms with van der Waals surface area (Å²) < 4.78 is 10.5. The molecule has 132 valence electrons. The minimum absolute atomic E-state index is 0.169. The summed E-state index contributed by atoms with van der Waals surface area (Å²) in [5.41, 5.74) is 1.11. The van der Waals surface area contributed by atoms with Crippen molar-refractivity contribution in [2.45, 2.75) is 31.7 Å². The summed E-state index contributed by atoms with van der Waals surface area (Å²) in [5, 5.41) is 14.2. The number of methoxy groups -OCH3 is 2. The summed E-state index contributed by atoms with van der Waals surface area (Å²) in [6, 6.07) is 9.12. The Morgan fingerprint density at radius 3 is 2.44 bits per heavy atom. The number of aromatic nitrogens is 2. The van der Waals surface area contributed by atoms with Gasteiger partial charge in [-0.3, -0.25) is 4.79 Å². The van der Waals surface area contributed by atoms with Crippen LogP contribution in [-0.2, 0) is 0 Å². The van der Waals surface area contributed by atoms with Gasteiger partial charge in [-0.15, -0.1) is 10.2 Å². The second-order valence-corrected chi connectivity index (χ2v) is 5.95. The molecule has 1 aromatic carbocycles. The van der Waals surface area contributed by atoms with Crippen LogP contribution in [0.15, 0.2) is 30.3 Å². The van der Waals surface area contributed by atoms with Gasteiger partial charge in [0.1, 0.15) is 0 Å². The molecule has 1 fully saturated rings. The van der Waals surface area contributed by atoms with Gasteiger partial charge in [0.15, 0.2) is 23.0 Å². The van der Waals surface area contributed by atoms with E-state index in [0.29, 0.717) is 23.0 Å². The van der Waals surface area contributed by atoms with Crippen molar-refractivity contribution in [3.63, 3.8) is 0 Å². The monoisotopic (exact) mass is 342 g/mol. The van der Waals surface area contributed by atoms with Crippen LogP contribution in [0.5, 0.6) is 11.5 Å². The lowest BCUT2D eigenvalue weighted by atomic mass is 10.2. The van der Waals surface area contributed by atoms with Gasteiger partial charge in [0.2, 0.25) is 0 Å². The number of carbonyl (C=O) groups is 1. The number of anilines is 2. The van der Waals surface area contributed by atoms with Gasteiger partial charge >= 0.3 is 0 Å². The highest BCUT2D eigenvalue weighted by atomic mass is 16.5. The van der Waals surface area contributed by atoms with Crippen LogP contribution in [0.1, 0.15) is 36.2 Å². The summed E-state index contributed by atoms with van der Waals surface area (Å²) in [4.78, 5) is 12.2. The second-order valence-electron chi connectivity index (χ2n) is 5.95. The van der Waals surface area contributed by atoms with E-state index < -0.39 is 0 Å². The lowest BCUT2D eigenvalue weighted by Gasteiger charge is -2.12. The van der Waals surface area contributed by atoms with E-state index in [1.54, 1.807) is 38.5 Å². The van der Waals surface area contributed by atoms with Crippen LogP contribution in [0.2, 0.25) is 0 Å². The number of rotatable bonds is 6. The van der Waals surface area contributed by atoms with Crippen molar-refractivity contribution >= 4 is 17.4 Å². The topological polar surface area (TPSA) is 85.4 Å². The normalized spacial score (nSPS) is 14.2. The molecule has 2 N–H and O–H groups in total. The second kappa shape index (κ2) is 7.83. The van der Waals surface area contributed by atoms with Crippen LogP contribution in [0, 0.1) is 0 Å². The highest BCUT2D eigenvalue weighted by Gasteiger charge is 2.18. The van der Waals surface area contributed by atoms with E-state index in [9.17, 15) is 4.79 Å². The Morgan fingerprint density at radius 1 is 1.04 bits per heavy atom. The fraction of sp³-hybridized carbons (Fsp3) is 0.389. The number of ether oxygens (including phenoxy) is 2. The predicted molar refractivity (Wildman–Crippen MR) is 94.6 cm³/mol. The molecule has 3 rings (SSSR count). The molecule has 2 aromatic rings. The third kappa shape index (κ3) is 4.17. The van der Waals surface area contributed by atoms with Crippen molar-refractivity contribution in [1.82, 2.24) is 15.5 Å². The summed E-state index contributed by atoms with van der Waals surface area (Å²) in [6.07, 6.45) is 4.42. The molecular formula is C18H22N4O3. The summed E-state index contributed by atoms with van der Waals surface area (Å²) in [7, 11) is 3.17. The fourth-order valence-corrected chi connectivity index (χ4v) is 2.91. The molecule has 1 aliphatic rings. The van der Waals surface area contributed by atoms with Crippen LogP contribution in [0.3, 0.4) is 0 Å². The van der Waals surface area contributed by atoms with Gasteiger partial charge in [-0.1, -0.05) is 12.8 Å². The highest BCUT2D eigenvalue weighted by molar-refractivity contribution is 5.92. The number of benzene rings is 1. The minimum atomic E-state index is -0.169. The van der Waals surface area contributed by atoms with E-state index >= 15 is 0 Å². The Balaban J connectivity index is 1.65. The number of amides is 1. The van der Waals surface area contributed by atoms with Gasteiger partial charge in [-0.25, -0.2) is 0 Å². The zero-order valence-corrected chi connectivity index (χ0v) is 14.4. The van der Waals surface area contributed by atoms with Crippen LogP contribution in [-0.4, -0.2) is 36.4 Å². The number of nitrogens with one attached hydrogen (secondary N) is 2. The molecule has 0 atom stereocenters. The Kier molecular flexibility index (Phi) is 5.33. The average molecular weight is 342 g/mol. The maximum absolute atomic E-state index is 12.2. The van der Waals surface area contributed by atoms with Crippen molar-refractivity contribution in [2.75, 3.05) is 19.5 Å². The van der Waals surface area contributed by atoms with Crippen molar-refractivity contribution in [2.24, 2.45) is 0 Å². The summed E-state index contributed by atoms with van der Waals surface area (Å²) in [5.74, 6) is 1.65. The quantitative estimate of drug-likeness (QED) is 0.839. The third-order valence-electron chi connectivity index (χ3n) is 4.24. The van der Waals surface area contributed by atoms with Crippen LogP contribution >= 0.6 is 0 Å². The molecule has 0 radical (unpaired) electrons. The zero-order valence-electron chi connectivity index (χ0n) is 14.4. The van der Waals surface area contributed by atoms with Crippen LogP contribution in [0.4, 0.5) is 11.5 Å². The molecule has 0 aliphatic heterocycles.